The number of carbonyl (C=O) groups is 2. The third-order valence-corrected chi connectivity index (χ3v) is 4.95. The SMILES string of the molecule is CC(C)Cn1cc(C(=O)NCCC(=O)NC2CCCC2)c2ccccc21. The number of rotatable bonds is 7. The summed E-state index contributed by atoms with van der Waals surface area (Å²) in [4.78, 5) is 24.6. The van der Waals surface area contributed by atoms with Crippen LogP contribution in [-0.4, -0.2) is 29.0 Å². The molecule has 0 spiro atoms. The molecule has 2 aromatic rings. The molecule has 2 N–H and O–H groups in total. The lowest BCUT2D eigenvalue weighted by Gasteiger charge is -2.12. The Kier molecular flexibility index (Phi) is 5.96. The Bertz CT molecular complexity index is 773. The molecule has 1 aliphatic carbocycles. The lowest BCUT2D eigenvalue weighted by atomic mass is 10.1. The van der Waals surface area contributed by atoms with Gasteiger partial charge in [-0.1, -0.05) is 44.9 Å². The molecule has 1 heterocycles. The van der Waals surface area contributed by atoms with E-state index in [1.54, 1.807) is 0 Å². The molecular weight excluding hydrogens is 326 g/mol. The lowest BCUT2D eigenvalue weighted by Crippen LogP contribution is -2.35. The van der Waals surface area contributed by atoms with E-state index < -0.39 is 0 Å². The van der Waals surface area contributed by atoms with E-state index in [-0.39, 0.29) is 11.8 Å². The molecule has 26 heavy (non-hydrogen) atoms. The summed E-state index contributed by atoms with van der Waals surface area (Å²) in [5, 5.41) is 6.91. The third kappa shape index (κ3) is 4.45. The van der Waals surface area contributed by atoms with Crippen LogP contribution in [0.2, 0.25) is 0 Å². The summed E-state index contributed by atoms with van der Waals surface area (Å²) in [5.74, 6) is 0.415. The maximum absolute atomic E-state index is 12.6. The Balaban J connectivity index is 1.59. The number of hydrogen-bond donors (Lipinski definition) is 2. The second-order valence-electron chi connectivity index (χ2n) is 7.66. The zero-order chi connectivity index (χ0) is 18.5. The Morgan fingerprint density at radius 3 is 2.65 bits per heavy atom. The van der Waals surface area contributed by atoms with Gasteiger partial charge < -0.3 is 15.2 Å². The Labute approximate surface area is 155 Å². The van der Waals surface area contributed by atoms with E-state index in [4.69, 9.17) is 0 Å². The summed E-state index contributed by atoms with van der Waals surface area (Å²) in [6, 6.07) is 8.30. The Hall–Kier alpha value is -2.30. The van der Waals surface area contributed by atoms with Crippen LogP contribution in [0.3, 0.4) is 0 Å². The van der Waals surface area contributed by atoms with E-state index in [1.807, 2.05) is 30.5 Å². The second kappa shape index (κ2) is 8.39. The average molecular weight is 355 g/mol. The molecule has 3 rings (SSSR count). The highest BCUT2D eigenvalue weighted by Gasteiger charge is 2.18. The van der Waals surface area contributed by atoms with Crippen LogP contribution in [0.25, 0.3) is 10.9 Å². The van der Waals surface area contributed by atoms with Gasteiger partial charge in [0, 0.05) is 42.7 Å². The smallest absolute Gasteiger partial charge is 0.253 e. The normalized spacial score (nSPS) is 14.9. The third-order valence-electron chi connectivity index (χ3n) is 4.95. The van der Waals surface area contributed by atoms with Gasteiger partial charge in [0.2, 0.25) is 5.91 Å². The Morgan fingerprint density at radius 1 is 1.19 bits per heavy atom. The van der Waals surface area contributed by atoms with Crippen molar-refractivity contribution in [3.63, 3.8) is 0 Å². The van der Waals surface area contributed by atoms with Crippen molar-refractivity contribution < 1.29 is 9.59 Å². The summed E-state index contributed by atoms with van der Waals surface area (Å²) < 4.78 is 2.14. The first kappa shape index (κ1) is 18.5. The molecule has 5 heteroatoms. The molecule has 1 saturated carbocycles. The zero-order valence-corrected chi connectivity index (χ0v) is 15.8. The number of hydrogen-bond acceptors (Lipinski definition) is 2. The van der Waals surface area contributed by atoms with E-state index in [0.717, 1.165) is 30.3 Å². The number of para-hydroxylation sites is 1. The fourth-order valence-electron chi connectivity index (χ4n) is 3.73. The van der Waals surface area contributed by atoms with Crippen LogP contribution in [0.5, 0.6) is 0 Å². The maximum Gasteiger partial charge on any atom is 0.253 e. The first-order valence-electron chi connectivity index (χ1n) is 9.70. The predicted octanol–water partition coefficient (Wildman–Crippen LogP) is 3.48. The predicted molar refractivity (Wildman–Crippen MR) is 104 cm³/mol. The van der Waals surface area contributed by atoms with Crippen molar-refractivity contribution in [3.8, 4) is 0 Å². The molecule has 0 saturated heterocycles. The fourth-order valence-corrected chi connectivity index (χ4v) is 3.73. The highest BCUT2D eigenvalue weighted by molar-refractivity contribution is 6.07. The molecule has 1 aromatic heterocycles. The van der Waals surface area contributed by atoms with Crippen LogP contribution in [-0.2, 0) is 11.3 Å². The minimum atomic E-state index is -0.114. The summed E-state index contributed by atoms with van der Waals surface area (Å²) in [6.45, 7) is 5.56. The molecule has 0 aliphatic heterocycles. The second-order valence-corrected chi connectivity index (χ2v) is 7.66. The molecule has 5 nitrogen and oxygen atoms in total. The molecule has 0 unspecified atom stereocenters. The van der Waals surface area contributed by atoms with Crippen LogP contribution in [0.1, 0.15) is 56.3 Å². The van der Waals surface area contributed by atoms with Gasteiger partial charge in [-0.25, -0.2) is 0 Å². The van der Waals surface area contributed by atoms with Crippen molar-refractivity contribution in [2.75, 3.05) is 6.54 Å². The Morgan fingerprint density at radius 2 is 1.92 bits per heavy atom. The fraction of sp³-hybridized carbons (Fsp3) is 0.524. The number of amides is 2. The number of fused-ring (bicyclic) bond motifs is 1. The number of aromatic nitrogens is 1. The van der Waals surface area contributed by atoms with Crippen molar-refractivity contribution in [1.29, 1.82) is 0 Å². The van der Waals surface area contributed by atoms with Gasteiger partial charge >= 0.3 is 0 Å². The van der Waals surface area contributed by atoms with Crippen LogP contribution in [0.4, 0.5) is 0 Å². The minimum Gasteiger partial charge on any atom is -0.353 e. The van der Waals surface area contributed by atoms with Crippen LogP contribution in [0.15, 0.2) is 30.5 Å². The van der Waals surface area contributed by atoms with E-state index in [0.29, 0.717) is 30.5 Å². The lowest BCUT2D eigenvalue weighted by molar-refractivity contribution is -0.121. The van der Waals surface area contributed by atoms with Gasteiger partial charge in [-0.05, 0) is 24.8 Å². The topological polar surface area (TPSA) is 63.1 Å². The summed E-state index contributed by atoms with van der Waals surface area (Å²) in [5.41, 5.74) is 1.75. The van der Waals surface area contributed by atoms with Gasteiger partial charge in [0.15, 0.2) is 0 Å². The van der Waals surface area contributed by atoms with Gasteiger partial charge in [-0.3, -0.25) is 9.59 Å². The molecule has 2 amide bonds. The summed E-state index contributed by atoms with van der Waals surface area (Å²) in [6.07, 6.45) is 6.80. The number of carbonyl (C=O) groups excluding carboxylic acids is 2. The van der Waals surface area contributed by atoms with Gasteiger partial charge in [0.1, 0.15) is 0 Å². The van der Waals surface area contributed by atoms with Crippen LogP contribution in [0, 0.1) is 5.92 Å². The van der Waals surface area contributed by atoms with Crippen molar-refractivity contribution in [2.24, 2.45) is 5.92 Å². The van der Waals surface area contributed by atoms with Gasteiger partial charge in [-0.2, -0.15) is 0 Å². The number of nitrogens with one attached hydrogen (secondary N) is 2. The van der Waals surface area contributed by atoms with E-state index in [9.17, 15) is 9.59 Å². The molecule has 1 fully saturated rings. The highest BCUT2D eigenvalue weighted by Crippen LogP contribution is 2.22. The first-order chi connectivity index (χ1) is 12.5. The summed E-state index contributed by atoms with van der Waals surface area (Å²) in [7, 11) is 0. The minimum absolute atomic E-state index is 0.0273. The van der Waals surface area contributed by atoms with E-state index >= 15 is 0 Å². The largest absolute Gasteiger partial charge is 0.353 e. The molecule has 140 valence electrons. The zero-order valence-electron chi connectivity index (χ0n) is 15.8. The van der Waals surface area contributed by atoms with Gasteiger partial charge in [0.25, 0.3) is 5.91 Å². The monoisotopic (exact) mass is 355 g/mol. The maximum atomic E-state index is 12.6. The average Bonchev–Trinajstić information content (AvgIpc) is 3.23. The molecular formula is C21H29N3O2. The van der Waals surface area contributed by atoms with E-state index in [2.05, 4.69) is 29.0 Å². The van der Waals surface area contributed by atoms with Crippen molar-refractivity contribution >= 4 is 22.7 Å². The quantitative estimate of drug-likeness (QED) is 0.799. The van der Waals surface area contributed by atoms with E-state index in [1.165, 1.54) is 12.8 Å². The van der Waals surface area contributed by atoms with Crippen LogP contribution >= 0.6 is 0 Å². The molecule has 1 aromatic carbocycles. The van der Waals surface area contributed by atoms with Gasteiger partial charge in [-0.15, -0.1) is 0 Å². The first-order valence-corrected chi connectivity index (χ1v) is 9.70. The standard InChI is InChI=1S/C21H29N3O2/c1-15(2)13-24-14-18(17-9-5-6-10-19(17)24)21(26)22-12-11-20(25)23-16-7-3-4-8-16/h5-6,9-10,14-16H,3-4,7-8,11-13H2,1-2H3,(H,22,26)(H,23,25). The summed E-state index contributed by atoms with van der Waals surface area (Å²) >= 11 is 0. The number of nitrogens with zero attached hydrogens (tertiary/aromatic N) is 1. The van der Waals surface area contributed by atoms with Gasteiger partial charge in [0.05, 0.1) is 5.56 Å². The molecule has 1 aliphatic rings. The highest BCUT2D eigenvalue weighted by atomic mass is 16.2. The molecule has 0 atom stereocenters. The van der Waals surface area contributed by atoms with Crippen LogP contribution < -0.4 is 10.6 Å². The van der Waals surface area contributed by atoms with Crippen molar-refractivity contribution in [1.82, 2.24) is 15.2 Å². The molecule has 0 radical (unpaired) electrons. The number of benzene rings is 1. The molecule has 0 bridgehead atoms. The van der Waals surface area contributed by atoms with Crippen molar-refractivity contribution in [3.05, 3.63) is 36.0 Å². The van der Waals surface area contributed by atoms with Crippen molar-refractivity contribution in [2.45, 2.75) is 58.5 Å².